The molecule has 3 fully saturated rings. The van der Waals surface area contributed by atoms with Crippen LogP contribution in [0.3, 0.4) is 0 Å². The first kappa shape index (κ1) is 26.8. The van der Waals surface area contributed by atoms with Crippen molar-refractivity contribution in [3.8, 4) is 17.2 Å². The third-order valence-electron chi connectivity index (χ3n) is 8.31. The fourth-order valence-electron chi connectivity index (χ4n) is 5.66. The van der Waals surface area contributed by atoms with Crippen LogP contribution in [0, 0.1) is 11.3 Å². The van der Waals surface area contributed by atoms with E-state index in [-0.39, 0.29) is 5.91 Å². The van der Waals surface area contributed by atoms with Crippen molar-refractivity contribution in [3.05, 3.63) is 59.7 Å². The highest BCUT2D eigenvalue weighted by Crippen LogP contribution is 2.39. The zero-order valence-corrected chi connectivity index (χ0v) is 22.3. The number of nitriles is 1. The lowest BCUT2D eigenvalue weighted by Crippen LogP contribution is -2.60. The summed E-state index contributed by atoms with van der Waals surface area (Å²) in [7, 11) is 2.18. The van der Waals surface area contributed by atoms with E-state index in [0.29, 0.717) is 45.3 Å². The van der Waals surface area contributed by atoms with E-state index in [1.54, 1.807) is 0 Å². The van der Waals surface area contributed by atoms with Crippen LogP contribution in [-0.2, 0) is 27.2 Å². The first-order valence-corrected chi connectivity index (χ1v) is 13.7. The van der Waals surface area contributed by atoms with Gasteiger partial charge in [0.25, 0.3) is 0 Å². The van der Waals surface area contributed by atoms with E-state index in [4.69, 9.17) is 15.2 Å². The van der Waals surface area contributed by atoms with Gasteiger partial charge in [0, 0.05) is 52.0 Å². The number of benzene rings is 2. The van der Waals surface area contributed by atoms with Gasteiger partial charge in [0.1, 0.15) is 6.04 Å². The standard InChI is InChI=1S/C30H39N5O3/c1-34-14-16-35(17-15-34)22-24-4-8-26(9-5-24)25-6-2-23(3-7-25)20-27(21-31)33-28(36)29(32)10-12-30(13-11-29)37-18-19-38-30/h2-9,27H,10-20,22,32H2,1H3,(H,33,36)/t27-/m0/s1. The summed E-state index contributed by atoms with van der Waals surface area (Å²) < 4.78 is 11.5. The molecule has 3 aliphatic rings. The summed E-state index contributed by atoms with van der Waals surface area (Å²) in [5, 5.41) is 12.6. The van der Waals surface area contributed by atoms with E-state index in [9.17, 15) is 10.1 Å². The van der Waals surface area contributed by atoms with Crippen LogP contribution < -0.4 is 11.1 Å². The van der Waals surface area contributed by atoms with Gasteiger partial charge in [-0.05, 0) is 42.1 Å². The summed E-state index contributed by atoms with van der Waals surface area (Å²) >= 11 is 0. The summed E-state index contributed by atoms with van der Waals surface area (Å²) in [6, 6.07) is 18.6. The Morgan fingerprint density at radius 2 is 1.50 bits per heavy atom. The number of nitrogens with one attached hydrogen (secondary N) is 1. The van der Waals surface area contributed by atoms with Crippen molar-refractivity contribution in [3.63, 3.8) is 0 Å². The van der Waals surface area contributed by atoms with Gasteiger partial charge in [-0.15, -0.1) is 0 Å². The molecule has 5 rings (SSSR count). The number of carbonyl (C=O) groups is 1. The lowest BCUT2D eigenvalue weighted by atomic mass is 9.78. The van der Waals surface area contributed by atoms with E-state index in [1.165, 1.54) is 11.1 Å². The Bertz CT molecular complexity index is 1120. The van der Waals surface area contributed by atoms with E-state index < -0.39 is 17.4 Å². The van der Waals surface area contributed by atoms with Crippen LogP contribution in [0.1, 0.15) is 36.8 Å². The molecule has 1 spiro atoms. The van der Waals surface area contributed by atoms with Crippen LogP contribution in [0.25, 0.3) is 11.1 Å². The molecular weight excluding hydrogens is 478 g/mol. The minimum Gasteiger partial charge on any atom is -0.348 e. The number of piperazine rings is 1. The van der Waals surface area contributed by atoms with Crippen molar-refractivity contribution < 1.29 is 14.3 Å². The van der Waals surface area contributed by atoms with Crippen LogP contribution in [0.5, 0.6) is 0 Å². The Kier molecular flexibility index (Phi) is 8.12. The Morgan fingerprint density at radius 1 is 0.947 bits per heavy atom. The normalized spacial score (nSPS) is 22.1. The number of ether oxygens (including phenoxy) is 2. The number of nitrogens with zero attached hydrogens (tertiary/aromatic N) is 3. The molecule has 0 unspecified atom stereocenters. The van der Waals surface area contributed by atoms with Gasteiger partial charge in [-0.3, -0.25) is 9.69 Å². The summed E-state index contributed by atoms with van der Waals surface area (Å²) in [6.07, 6.45) is 2.55. The number of carbonyl (C=O) groups excluding carboxylic acids is 1. The molecule has 38 heavy (non-hydrogen) atoms. The quantitative estimate of drug-likeness (QED) is 0.582. The zero-order valence-electron chi connectivity index (χ0n) is 22.3. The van der Waals surface area contributed by atoms with Crippen molar-refractivity contribution >= 4 is 5.91 Å². The minimum atomic E-state index is -1.00. The second-order valence-corrected chi connectivity index (χ2v) is 11.1. The molecule has 2 aromatic carbocycles. The van der Waals surface area contributed by atoms with Crippen LogP contribution in [0.4, 0.5) is 0 Å². The summed E-state index contributed by atoms with van der Waals surface area (Å²) in [6.45, 7) is 6.63. The van der Waals surface area contributed by atoms with E-state index in [2.05, 4.69) is 64.6 Å². The maximum atomic E-state index is 13.0. The molecule has 1 saturated carbocycles. The van der Waals surface area contributed by atoms with Crippen molar-refractivity contribution in [1.82, 2.24) is 15.1 Å². The number of hydrogen-bond acceptors (Lipinski definition) is 7. The average Bonchev–Trinajstić information content (AvgIpc) is 3.40. The van der Waals surface area contributed by atoms with Gasteiger partial charge in [-0.1, -0.05) is 48.5 Å². The fourth-order valence-corrected chi connectivity index (χ4v) is 5.66. The van der Waals surface area contributed by atoms with Crippen molar-refractivity contribution in [2.45, 2.75) is 56.0 Å². The van der Waals surface area contributed by atoms with E-state index >= 15 is 0 Å². The Balaban J connectivity index is 1.13. The van der Waals surface area contributed by atoms with E-state index in [1.807, 2.05) is 12.1 Å². The molecule has 0 radical (unpaired) electrons. The molecule has 2 saturated heterocycles. The minimum absolute atomic E-state index is 0.273. The smallest absolute Gasteiger partial charge is 0.241 e. The monoisotopic (exact) mass is 517 g/mol. The van der Waals surface area contributed by atoms with Gasteiger partial charge in [-0.25, -0.2) is 0 Å². The summed E-state index contributed by atoms with van der Waals surface area (Å²) in [5.74, 6) is -0.852. The van der Waals surface area contributed by atoms with Gasteiger partial charge in [0.05, 0.1) is 24.8 Å². The highest BCUT2D eigenvalue weighted by Gasteiger charge is 2.48. The van der Waals surface area contributed by atoms with Crippen molar-refractivity contribution in [1.29, 1.82) is 5.26 Å². The second kappa shape index (κ2) is 11.5. The third kappa shape index (κ3) is 6.25. The molecule has 2 heterocycles. The highest BCUT2D eigenvalue weighted by molar-refractivity contribution is 5.86. The third-order valence-corrected chi connectivity index (χ3v) is 8.31. The van der Waals surface area contributed by atoms with Crippen molar-refractivity contribution in [2.75, 3.05) is 46.4 Å². The molecule has 1 aliphatic carbocycles. The van der Waals surface area contributed by atoms with Crippen LogP contribution >= 0.6 is 0 Å². The van der Waals surface area contributed by atoms with Crippen LogP contribution in [0.2, 0.25) is 0 Å². The average molecular weight is 518 g/mol. The van der Waals surface area contributed by atoms with Crippen molar-refractivity contribution in [2.24, 2.45) is 5.73 Å². The highest BCUT2D eigenvalue weighted by atomic mass is 16.7. The molecule has 3 N–H and O–H groups in total. The number of rotatable bonds is 7. The second-order valence-electron chi connectivity index (χ2n) is 11.1. The number of nitrogens with two attached hydrogens (primary N) is 1. The van der Waals surface area contributed by atoms with Crippen LogP contribution in [0.15, 0.2) is 48.5 Å². The zero-order chi connectivity index (χ0) is 26.6. The Morgan fingerprint density at radius 3 is 2.05 bits per heavy atom. The maximum absolute atomic E-state index is 13.0. The summed E-state index contributed by atoms with van der Waals surface area (Å²) in [4.78, 5) is 17.9. The lowest BCUT2D eigenvalue weighted by Gasteiger charge is -2.40. The predicted octanol–water partition coefficient (Wildman–Crippen LogP) is 2.67. The lowest BCUT2D eigenvalue weighted by molar-refractivity contribution is -0.185. The SMILES string of the molecule is CN1CCN(Cc2ccc(-c3ccc(C[C@@H](C#N)NC(=O)C4(N)CCC5(CC4)OCCO5)cc3)cc2)CC1. The van der Waals surface area contributed by atoms with Gasteiger partial charge in [-0.2, -0.15) is 5.26 Å². The number of hydrogen-bond donors (Lipinski definition) is 2. The van der Waals surface area contributed by atoms with Gasteiger partial charge < -0.3 is 25.4 Å². The maximum Gasteiger partial charge on any atom is 0.241 e. The molecule has 2 aliphatic heterocycles. The molecule has 0 bridgehead atoms. The largest absolute Gasteiger partial charge is 0.348 e. The molecule has 2 aromatic rings. The Hall–Kier alpha value is -2.80. The molecule has 0 aromatic heterocycles. The molecule has 8 nitrogen and oxygen atoms in total. The molecule has 1 atom stereocenters. The topological polar surface area (TPSA) is 104 Å². The first-order chi connectivity index (χ1) is 18.4. The van der Waals surface area contributed by atoms with Crippen LogP contribution in [-0.4, -0.2) is 79.5 Å². The first-order valence-electron chi connectivity index (χ1n) is 13.7. The Labute approximate surface area is 225 Å². The van der Waals surface area contributed by atoms with Gasteiger partial charge >= 0.3 is 0 Å². The molecule has 8 heteroatoms. The number of likely N-dealkylation sites (N-methyl/N-ethyl adjacent to an activating group) is 1. The predicted molar refractivity (Wildman–Crippen MR) is 146 cm³/mol. The molecule has 1 amide bonds. The van der Waals surface area contributed by atoms with E-state index in [0.717, 1.165) is 43.9 Å². The molecular formula is C30H39N5O3. The fraction of sp³-hybridized carbons (Fsp3) is 0.533. The summed E-state index contributed by atoms with van der Waals surface area (Å²) in [5.41, 5.74) is 10.1. The number of amides is 1. The van der Waals surface area contributed by atoms with Gasteiger partial charge in [0.15, 0.2) is 5.79 Å². The molecule has 202 valence electrons. The van der Waals surface area contributed by atoms with Gasteiger partial charge in [0.2, 0.25) is 5.91 Å².